The molecule has 0 amide bonds. The van der Waals surface area contributed by atoms with Crippen LogP contribution in [-0.4, -0.2) is 16.5 Å². The molecule has 2 aromatic rings. The number of benzene rings is 2. The van der Waals surface area contributed by atoms with E-state index in [2.05, 4.69) is 75.5 Å². The maximum atomic E-state index is 4.91. The summed E-state index contributed by atoms with van der Waals surface area (Å²) >= 11 is 1.84. The minimum atomic E-state index is 0.203. The van der Waals surface area contributed by atoms with Crippen LogP contribution in [0.5, 0.6) is 0 Å². The van der Waals surface area contributed by atoms with E-state index >= 15 is 0 Å². The minimum absolute atomic E-state index is 0.203. The molecule has 3 rings (SSSR count). The monoisotopic (exact) mass is 298 g/mol. The van der Waals surface area contributed by atoms with E-state index in [1.165, 1.54) is 10.8 Å². The largest absolute Gasteiger partial charge is 0.334 e. The molecule has 21 heavy (non-hydrogen) atoms. The molecule has 0 radical (unpaired) electrons. The van der Waals surface area contributed by atoms with E-state index in [9.17, 15) is 0 Å². The van der Waals surface area contributed by atoms with Crippen molar-refractivity contribution >= 4 is 33.4 Å². The summed E-state index contributed by atoms with van der Waals surface area (Å²) in [5, 5.41) is 7.59. The van der Waals surface area contributed by atoms with Crippen LogP contribution in [0.3, 0.4) is 0 Å². The second-order valence-corrected chi connectivity index (χ2v) is 8.09. The second kappa shape index (κ2) is 5.38. The lowest BCUT2D eigenvalue weighted by Gasteiger charge is -2.27. The molecule has 0 bridgehead atoms. The Morgan fingerprint density at radius 2 is 1.76 bits per heavy atom. The molecule has 0 saturated carbocycles. The fraction of sp³-hybridized carbons (Fsp3) is 0.389. The van der Waals surface area contributed by atoms with Crippen LogP contribution in [0.15, 0.2) is 47.5 Å². The van der Waals surface area contributed by atoms with Gasteiger partial charge in [0.15, 0.2) is 5.17 Å². The Morgan fingerprint density at radius 3 is 2.48 bits per heavy atom. The summed E-state index contributed by atoms with van der Waals surface area (Å²) in [5.74, 6) is 0. The summed E-state index contributed by atoms with van der Waals surface area (Å²) in [7, 11) is 0. The number of fused-ring (bicyclic) bond motifs is 1. The second-order valence-electron chi connectivity index (χ2n) is 6.72. The van der Waals surface area contributed by atoms with E-state index in [0.29, 0.717) is 11.3 Å². The van der Waals surface area contributed by atoms with Gasteiger partial charge in [0.1, 0.15) is 0 Å². The van der Waals surface area contributed by atoms with Gasteiger partial charge in [-0.3, -0.25) is 4.99 Å². The molecule has 2 atom stereocenters. The van der Waals surface area contributed by atoms with Crippen molar-refractivity contribution < 1.29 is 0 Å². The molecule has 0 saturated heterocycles. The standard InChI is InChI=1S/C18H22N2S/c1-12-16(18(2,3)4)20-17(21-12)19-15-11-7-9-13-8-5-6-10-14(13)15/h5-12,16H,1-4H3,(H,19,20). The smallest absolute Gasteiger partial charge is 0.161 e. The maximum Gasteiger partial charge on any atom is 0.161 e. The van der Waals surface area contributed by atoms with Crippen molar-refractivity contribution in [3.8, 4) is 0 Å². The number of aliphatic imine (C=N–C) groups is 1. The predicted octanol–water partition coefficient (Wildman–Crippen LogP) is 5.16. The van der Waals surface area contributed by atoms with Crippen LogP contribution in [0.4, 0.5) is 5.69 Å². The first kappa shape index (κ1) is 14.5. The van der Waals surface area contributed by atoms with Gasteiger partial charge in [-0.1, -0.05) is 75.9 Å². The van der Waals surface area contributed by atoms with Crippen LogP contribution in [-0.2, 0) is 0 Å². The number of nitrogens with zero attached hydrogens (tertiary/aromatic N) is 1. The molecule has 2 aromatic carbocycles. The molecular formula is C18H22N2S. The summed E-state index contributed by atoms with van der Waals surface area (Å²) in [6, 6.07) is 15.2. The Hall–Kier alpha value is -1.48. The molecule has 1 aliphatic heterocycles. The zero-order valence-corrected chi connectivity index (χ0v) is 13.9. The first-order chi connectivity index (χ1) is 9.95. The lowest BCUT2D eigenvalue weighted by atomic mass is 9.85. The maximum absolute atomic E-state index is 4.91. The van der Waals surface area contributed by atoms with E-state index in [0.717, 1.165) is 10.9 Å². The Balaban J connectivity index is 1.90. The zero-order valence-electron chi connectivity index (χ0n) is 13.1. The van der Waals surface area contributed by atoms with Gasteiger partial charge in [-0.2, -0.15) is 0 Å². The molecular weight excluding hydrogens is 276 g/mol. The van der Waals surface area contributed by atoms with Gasteiger partial charge >= 0.3 is 0 Å². The van der Waals surface area contributed by atoms with Crippen LogP contribution in [0.25, 0.3) is 10.8 Å². The molecule has 0 spiro atoms. The molecule has 1 N–H and O–H groups in total. The summed E-state index contributed by atoms with van der Waals surface area (Å²) in [6.45, 7) is 9.05. The quantitative estimate of drug-likeness (QED) is 0.786. The van der Waals surface area contributed by atoms with Crippen molar-refractivity contribution in [2.45, 2.75) is 39.0 Å². The topological polar surface area (TPSA) is 24.4 Å². The number of thioether (sulfide) groups is 1. The van der Waals surface area contributed by atoms with Crippen molar-refractivity contribution in [2.75, 3.05) is 5.32 Å². The fourth-order valence-electron chi connectivity index (χ4n) is 2.91. The van der Waals surface area contributed by atoms with Crippen LogP contribution in [0.1, 0.15) is 27.7 Å². The third-order valence-electron chi connectivity index (χ3n) is 3.92. The first-order valence-corrected chi connectivity index (χ1v) is 8.32. The summed E-state index contributed by atoms with van der Waals surface area (Å²) in [4.78, 5) is 4.91. The van der Waals surface area contributed by atoms with Crippen molar-refractivity contribution in [2.24, 2.45) is 10.4 Å². The molecule has 2 nitrogen and oxygen atoms in total. The number of rotatable bonds is 1. The average molecular weight is 298 g/mol. The molecule has 1 aliphatic rings. The van der Waals surface area contributed by atoms with E-state index in [1.54, 1.807) is 0 Å². The zero-order chi connectivity index (χ0) is 15.0. The lowest BCUT2D eigenvalue weighted by molar-refractivity contribution is 0.325. The molecule has 2 unspecified atom stereocenters. The average Bonchev–Trinajstić information content (AvgIpc) is 2.80. The van der Waals surface area contributed by atoms with Crippen molar-refractivity contribution in [3.63, 3.8) is 0 Å². The first-order valence-electron chi connectivity index (χ1n) is 7.44. The molecule has 110 valence electrons. The van der Waals surface area contributed by atoms with Crippen LogP contribution < -0.4 is 5.32 Å². The van der Waals surface area contributed by atoms with Gasteiger partial charge < -0.3 is 5.32 Å². The normalized spacial score (nSPS) is 22.4. The fourth-order valence-corrected chi connectivity index (χ4v) is 4.20. The van der Waals surface area contributed by atoms with Crippen molar-refractivity contribution in [3.05, 3.63) is 42.5 Å². The highest BCUT2D eigenvalue weighted by Crippen LogP contribution is 2.37. The van der Waals surface area contributed by atoms with E-state index < -0.39 is 0 Å². The van der Waals surface area contributed by atoms with Crippen LogP contribution in [0.2, 0.25) is 0 Å². The number of hydrogen-bond donors (Lipinski definition) is 1. The van der Waals surface area contributed by atoms with Gasteiger partial charge in [0, 0.05) is 16.3 Å². The van der Waals surface area contributed by atoms with Gasteiger partial charge in [0.25, 0.3) is 0 Å². The van der Waals surface area contributed by atoms with Gasteiger partial charge in [0.05, 0.1) is 6.04 Å². The molecule has 3 heteroatoms. The van der Waals surface area contributed by atoms with E-state index in [-0.39, 0.29) is 5.41 Å². The van der Waals surface area contributed by atoms with Crippen LogP contribution >= 0.6 is 11.8 Å². The SMILES string of the molecule is CC1SC(Nc2cccc3ccccc23)=NC1C(C)(C)C. The predicted molar refractivity (Wildman–Crippen MR) is 95.3 cm³/mol. The van der Waals surface area contributed by atoms with Crippen LogP contribution in [0, 0.1) is 5.41 Å². The summed E-state index contributed by atoms with van der Waals surface area (Å²) in [5.41, 5.74) is 1.34. The molecule has 1 heterocycles. The Morgan fingerprint density at radius 1 is 1.05 bits per heavy atom. The highest BCUT2D eigenvalue weighted by atomic mass is 32.2. The van der Waals surface area contributed by atoms with Gasteiger partial charge in [-0.25, -0.2) is 0 Å². The molecule has 0 aliphatic carbocycles. The Bertz CT molecular complexity index is 680. The Labute approximate surface area is 131 Å². The van der Waals surface area contributed by atoms with E-state index in [1.807, 2.05) is 11.8 Å². The Kier molecular flexibility index (Phi) is 3.70. The summed E-state index contributed by atoms with van der Waals surface area (Å²) in [6.07, 6.45) is 0. The molecule has 0 aromatic heterocycles. The minimum Gasteiger partial charge on any atom is -0.334 e. The van der Waals surface area contributed by atoms with Crippen molar-refractivity contribution in [1.82, 2.24) is 0 Å². The lowest BCUT2D eigenvalue weighted by Crippen LogP contribution is -2.29. The number of anilines is 1. The van der Waals surface area contributed by atoms with Gasteiger partial charge in [0.2, 0.25) is 0 Å². The number of nitrogens with one attached hydrogen (secondary N) is 1. The third kappa shape index (κ3) is 2.93. The van der Waals surface area contributed by atoms with E-state index in [4.69, 9.17) is 4.99 Å². The third-order valence-corrected chi connectivity index (χ3v) is 4.98. The van der Waals surface area contributed by atoms with Gasteiger partial charge in [-0.05, 0) is 16.9 Å². The van der Waals surface area contributed by atoms with Gasteiger partial charge in [-0.15, -0.1) is 0 Å². The highest BCUT2D eigenvalue weighted by molar-refractivity contribution is 8.15. The highest BCUT2D eigenvalue weighted by Gasteiger charge is 2.35. The summed E-state index contributed by atoms with van der Waals surface area (Å²) < 4.78 is 0. The van der Waals surface area contributed by atoms with Crippen molar-refractivity contribution in [1.29, 1.82) is 0 Å². The number of hydrogen-bond acceptors (Lipinski definition) is 3. The molecule has 0 fully saturated rings. The number of amidine groups is 1.